The summed E-state index contributed by atoms with van der Waals surface area (Å²) < 4.78 is 0. The molecule has 0 nitrogen and oxygen atoms in total. The smallest absolute Gasteiger partial charge is 0.0398 e. The van der Waals surface area contributed by atoms with E-state index in [0.29, 0.717) is 0 Å². The van der Waals surface area contributed by atoms with Gasteiger partial charge in [0.25, 0.3) is 0 Å². The van der Waals surface area contributed by atoms with Gasteiger partial charge in [0.15, 0.2) is 0 Å². The highest BCUT2D eigenvalue weighted by atomic mass is 32.2. The van der Waals surface area contributed by atoms with Gasteiger partial charge in [0.1, 0.15) is 0 Å². The number of hydrogen-bond acceptors (Lipinski definition) is 2. The molecule has 4 aromatic carbocycles. The van der Waals surface area contributed by atoms with E-state index in [9.17, 15) is 0 Å². The Morgan fingerprint density at radius 3 is 1.45 bits per heavy atom. The molecule has 0 N–H and O–H groups in total. The SMILES string of the molecule is c1ccc2c(c1)Cc1c(CSCSCc3cccc4c3Cc3ccccc3-4)cccc1-2. The lowest BCUT2D eigenvalue weighted by Crippen LogP contribution is -1.92. The van der Waals surface area contributed by atoms with Crippen LogP contribution in [-0.2, 0) is 24.3 Å². The maximum Gasteiger partial charge on any atom is 0.0398 e. The predicted octanol–water partition coefficient (Wildman–Crippen LogP) is 7.95. The third-order valence-electron chi connectivity index (χ3n) is 6.58. The van der Waals surface area contributed by atoms with Crippen molar-refractivity contribution in [1.29, 1.82) is 0 Å². The topological polar surface area (TPSA) is 0 Å². The number of benzene rings is 4. The molecular weight excluding hydrogens is 412 g/mol. The van der Waals surface area contributed by atoms with Crippen molar-refractivity contribution in [2.75, 3.05) is 5.08 Å². The van der Waals surface area contributed by atoms with Crippen LogP contribution in [-0.4, -0.2) is 5.08 Å². The molecule has 6 rings (SSSR count). The summed E-state index contributed by atoms with van der Waals surface area (Å²) in [6.45, 7) is 0. The molecule has 0 saturated heterocycles. The molecule has 0 saturated carbocycles. The van der Waals surface area contributed by atoms with Crippen LogP contribution in [0.1, 0.15) is 33.4 Å². The van der Waals surface area contributed by atoms with Crippen molar-refractivity contribution in [3.63, 3.8) is 0 Å². The molecule has 0 heterocycles. The minimum atomic E-state index is 1.09. The maximum absolute atomic E-state index is 2.32. The van der Waals surface area contributed by atoms with Crippen LogP contribution in [0.15, 0.2) is 84.9 Å². The van der Waals surface area contributed by atoms with Crippen molar-refractivity contribution in [2.45, 2.75) is 24.3 Å². The lowest BCUT2D eigenvalue weighted by molar-refractivity contribution is 1.20. The van der Waals surface area contributed by atoms with Gasteiger partial charge in [0.2, 0.25) is 0 Å². The molecule has 4 aromatic rings. The molecule has 0 bridgehead atoms. The van der Waals surface area contributed by atoms with Gasteiger partial charge in [-0.05, 0) is 68.5 Å². The van der Waals surface area contributed by atoms with Gasteiger partial charge >= 0.3 is 0 Å². The zero-order chi connectivity index (χ0) is 20.6. The van der Waals surface area contributed by atoms with Gasteiger partial charge in [-0.1, -0.05) is 84.9 Å². The van der Waals surface area contributed by atoms with E-state index in [2.05, 4.69) is 108 Å². The summed E-state index contributed by atoms with van der Waals surface area (Å²) in [5.41, 5.74) is 14.8. The van der Waals surface area contributed by atoms with Gasteiger partial charge < -0.3 is 0 Å². The predicted molar refractivity (Wildman–Crippen MR) is 137 cm³/mol. The van der Waals surface area contributed by atoms with E-state index in [1.54, 1.807) is 11.1 Å². The summed E-state index contributed by atoms with van der Waals surface area (Å²) in [4.78, 5) is 0. The van der Waals surface area contributed by atoms with Gasteiger partial charge in [-0.15, -0.1) is 23.5 Å². The second-order valence-corrected chi connectivity index (χ2v) is 10.7. The average molecular weight is 437 g/mol. The van der Waals surface area contributed by atoms with E-state index in [-0.39, 0.29) is 0 Å². The molecule has 0 fully saturated rings. The molecule has 0 aromatic heterocycles. The van der Waals surface area contributed by atoms with Gasteiger partial charge in [-0.25, -0.2) is 0 Å². The summed E-state index contributed by atoms with van der Waals surface area (Å²) >= 11 is 4.11. The minimum absolute atomic E-state index is 1.09. The molecular formula is C29H24S2. The van der Waals surface area contributed by atoms with Crippen molar-refractivity contribution in [3.8, 4) is 22.3 Å². The van der Waals surface area contributed by atoms with Crippen molar-refractivity contribution >= 4 is 23.5 Å². The standard InChI is InChI=1S/C29H24S2/c1-3-11-24-20(7-1)15-28-22(9-5-13-26(24)28)17-30-19-31-18-23-10-6-14-27-25-12-4-2-8-21(25)16-29(23)27/h1-14H,15-19H2. The first kappa shape index (κ1) is 19.3. The summed E-state index contributed by atoms with van der Waals surface area (Å²) in [5, 5.41) is 1.13. The van der Waals surface area contributed by atoms with Crippen molar-refractivity contribution < 1.29 is 0 Å². The van der Waals surface area contributed by atoms with Crippen LogP contribution in [0.5, 0.6) is 0 Å². The monoisotopic (exact) mass is 436 g/mol. The quantitative estimate of drug-likeness (QED) is 0.192. The van der Waals surface area contributed by atoms with Crippen LogP contribution in [0, 0.1) is 0 Å². The molecule has 0 radical (unpaired) electrons. The lowest BCUT2D eigenvalue weighted by Gasteiger charge is -2.10. The molecule has 0 amide bonds. The molecule has 2 aliphatic carbocycles. The summed E-state index contributed by atoms with van der Waals surface area (Å²) in [6.07, 6.45) is 2.18. The Kier molecular flexibility index (Phi) is 5.13. The van der Waals surface area contributed by atoms with E-state index in [4.69, 9.17) is 0 Å². The van der Waals surface area contributed by atoms with Crippen molar-refractivity contribution in [2.24, 2.45) is 0 Å². The molecule has 2 aliphatic rings. The molecule has 152 valence electrons. The first-order chi connectivity index (χ1) is 15.4. The molecule has 0 spiro atoms. The highest BCUT2D eigenvalue weighted by Crippen LogP contribution is 2.40. The fourth-order valence-electron chi connectivity index (χ4n) is 5.08. The van der Waals surface area contributed by atoms with Gasteiger partial charge in [0.05, 0.1) is 0 Å². The Labute approximate surface area is 193 Å². The second kappa shape index (κ2) is 8.26. The molecule has 0 atom stereocenters. The summed E-state index contributed by atoms with van der Waals surface area (Å²) in [5.74, 6) is 2.20. The fraction of sp³-hybridized carbons (Fsp3) is 0.172. The molecule has 0 unspecified atom stereocenters. The van der Waals surface area contributed by atoms with Crippen LogP contribution in [0.25, 0.3) is 22.3 Å². The van der Waals surface area contributed by atoms with E-state index >= 15 is 0 Å². The Hall–Kier alpha value is -2.42. The first-order valence-corrected chi connectivity index (χ1v) is 13.2. The lowest BCUT2D eigenvalue weighted by atomic mass is 10.0. The fourth-order valence-corrected chi connectivity index (χ4v) is 7.20. The summed E-state index contributed by atoms with van der Waals surface area (Å²) in [7, 11) is 0. The minimum Gasteiger partial charge on any atom is -0.146 e. The average Bonchev–Trinajstić information content (AvgIpc) is 3.38. The number of hydrogen-bond donors (Lipinski definition) is 0. The Balaban J connectivity index is 1.09. The van der Waals surface area contributed by atoms with E-state index in [0.717, 1.165) is 29.4 Å². The van der Waals surface area contributed by atoms with Crippen molar-refractivity contribution in [3.05, 3.63) is 118 Å². The van der Waals surface area contributed by atoms with Crippen molar-refractivity contribution in [1.82, 2.24) is 0 Å². The van der Waals surface area contributed by atoms with Crippen LogP contribution in [0.4, 0.5) is 0 Å². The zero-order valence-corrected chi connectivity index (χ0v) is 19.1. The van der Waals surface area contributed by atoms with Crippen LogP contribution in [0.2, 0.25) is 0 Å². The highest BCUT2D eigenvalue weighted by molar-refractivity contribution is 8.15. The largest absolute Gasteiger partial charge is 0.146 e. The van der Waals surface area contributed by atoms with Gasteiger partial charge in [0, 0.05) is 16.6 Å². The zero-order valence-electron chi connectivity index (χ0n) is 17.4. The highest BCUT2D eigenvalue weighted by Gasteiger charge is 2.21. The number of rotatable bonds is 6. The third kappa shape index (κ3) is 3.52. The van der Waals surface area contributed by atoms with Crippen LogP contribution in [0.3, 0.4) is 0 Å². The second-order valence-electron chi connectivity index (χ2n) is 8.37. The van der Waals surface area contributed by atoms with E-state index in [1.165, 1.54) is 44.5 Å². The number of fused-ring (bicyclic) bond motifs is 6. The Morgan fingerprint density at radius 1 is 0.484 bits per heavy atom. The first-order valence-electron chi connectivity index (χ1n) is 10.9. The Bertz CT molecular complexity index is 1170. The van der Waals surface area contributed by atoms with Gasteiger partial charge in [-0.2, -0.15) is 0 Å². The number of thioether (sulfide) groups is 2. The van der Waals surface area contributed by atoms with Gasteiger partial charge in [-0.3, -0.25) is 0 Å². The van der Waals surface area contributed by atoms with E-state index < -0.39 is 0 Å². The van der Waals surface area contributed by atoms with E-state index in [1.807, 2.05) is 0 Å². The van der Waals surface area contributed by atoms with Crippen LogP contribution >= 0.6 is 23.5 Å². The maximum atomic E-state index is 2.32. The van der Waals surface area contributed by atoms with Crippen LogP contribution < -0.4 is 0 Å². The summed E-state index contributed by atoms with van der Waals surface area (Å²) in [6, 6.07) is 31.4. The molecule has 31 heavy (non-hydrogen) atoms. The normalized spacial score (nSPS) is 12.9. The molecule has 2 heteroatoms. The third-order valence-corrected chi connectivity index (χ3v) is 8.94. The molecule has 0 aliphatic heterocycles. The Morgan fingerprint density at radius 2 is 0.935 bits per heavy atom.